The molecule has 0 unspecified atom stereocenters. The van der Waals surface area contributed by atoms with Crippen LogP contribution in [0.2, 0.25) is 0 Å². The van der Waals surface area contributed by atoms with Gasteiger partial charge in [0.1, 0.15) is 6.33 Å². The van der Waals surface area contributed by atoms with Gasteiger partial charge in [0, 0.05) is 6.21 Å². The number of hydrogen-bond donors (Lipinski definition) is 2. The average molecular weight is 241 g/mol. The number of aromatic nitrogens is 3. The van der Waals surface area contributed by atoms with Gasteiger partial charge in [-0.2, -0.15) is 10.2 Å². The maximum Gasteiger partial charge on any atom is 0.308 e. The number of nitrogens with one attached hydrogen (secondary N) is 2. The lowest BCUT2D eigenvalue weighted by Gasteiger charge is -1.92. The number of hydrazone groups is 1. The van der Waals surface area contributed by atoms with Crippen molar-refractivity contribution in [2.75, 3.05) is 0 Å². The van der Waals surface area contributed by atoms with Crippen molar-refractivity contribution in [2.24, 2.45) is 5.10 Å². The lowest BCUT2D eigenvalue weighted by Crippen LogP contribution is -2.18. The molecule has 0 atom stereocenters. The SMILES string of the molecule is O=C(NN=C/C=C\c1ccccc1)c1ncn[nH]1. The fourth-order valence-electron chi connectivity index (χ4n) is 1.23. The van der Waals surface area contributed by atoms with Gasteiger partial charge >= 0.3 is 5.91 Å². The van der Waals surface area contributed by atoms with Gasteiger partial charge in [-0.05, 0) is 11.6 Å². The van der Waals surface area contributed by atoms with E-state index >= 15 is 0 Å². The monoisotopic (exact) mass is 241 g/mol. The van der Waals surface area contributed by atoms with Crippen molar-refractivity contribution in [1.82, 2.24) is 20.6 Å². The molecule has 1 aromatic carbocycles. The number of hydrogen-bond acceptors (Lipinski definition) is 4. The highest BCUT2D eigenvalue weighted by Crippen LogP contribution is 1.99. The Balaban J connectivity index is 1.82. The fraction of sp³-hybridized carbons (Fsp3) is 0. The van der Waals surface area contributed by atoms with Crippen LogP contribution in [-0.4, -0.2) is 27.3 Å². The summed E-state index contributed by atoms with van der Waals surface area (Å²) in [6.07, 6.45) is 6.36. The van der Waals surface area contributed by atoms with E-state index in [-0.39, 0.29) is 5.82 Å². The topological polar surface area (TPSA) is 83.0 Å². The molecule has 1 heterocycles. The van der Waals surface area contributed by atoms with Crippen molar-refractivity contribution in [2.45, 2.75) is 0 Å². The van der Waals surface area contributed by atoms with Crippen molar-refractivity contribution in [3.8, 4) is 0 Å². The Morgan fingerprint density at radius 2 is 2.17 bits per heavy atom. The van der Waals surface area contributed by atoms with Gasteiger partial charge in [0.2, 0.25) is 5.82 Å². The zero-order valence-electron chi connectivity index (χ0n) is 9.45. The Labute approximate surface area is 103 Å². The normalized spacial score (nSPS) is 11.1. The summed E-state index contributed by atoms with van der Waals surface area (Å²) in [5.41, 5.74) is 3.38. The Bertz CT molecular complexity index is 545. The summed E-state index contributed by atoms with van der Waals surface area (Å²) in [6.45, 7) is 0. The van der Waals surface area contributed by atoms with Crippen molar-refractivity contribution in [3.63, 3.8) is 0 Å². The first kappa shape index (κ1) is 11.7. The number of rotatable bonds is 4. The van der Waals surface area contributed by atoms with Crippen molar-refractivity contribution < 1.29 is 4.79 Å². The summed E-state index contributed by atoms with van der Waals surface area (Å²) >= 11 is 0. The second kappa shape index (κ2) is 6.09. The molecule has 1 aromatic heterocycles. The van der Waals surface area contributed by atoms with E-state index in [2.05, 4.69) is 25.7 Å². The van der Waals surface area contributed by atoms with Crippen LogP contribution < -0.4 is 5.43 Å². The fourth-order valence-corrected chi connectivity index (χ4v) is 1.23. The van der Waals surface area contributed by atoms with Crippen LogP contribution in [-0.2, 0) is 0 Å². The van der Waals surface area contributed by atoms with Crippen LogP contribution in [0.3, 0.4) is 0 Å². The number of allylic oxidation sites excluding steroid dienone is 1. The summed E-state index contributed by atoms with van der Waals surface area (Å²) in [5, 5.41) is 9.75. The first-order valence-corrected chi connectivity index (χ1v) is 5.27. The quantitative estimate of drug-likeness (QED) is 0.624. The minimum absolute atomic E-state index is 0.124. The number of nitrogens with zero attached hydrogens (tertiary/aromatic N) is 3. The van der Waals surface area contributed by atoms with Crippen LogP contribution in [0.15, 0.2) is 47.8 Å². The molecule has 0 aliphatic rings. The van der Waals surface area contributed by atoms with Gasteiger partial charge in [-0.3, -0.25) is 9.89 Å². The minimum atomic E-state index is -0.433. The van der Waals surface area contributed by atoms with E-state index in [1.165, 1.54) is 12.5 Å². The molecule has 0 bridgehead atoms. The molecule has 0 fully saturated rings. The summed E-state index contributed by atoms with van der Waals surface area (Å²) in [4.78, 5) is 15.0. The Hall–Kier alpha value is -2.76. The zero-order valence-corrected chi connectivity index (χ0v) is 9.45. The summed E-state index contributed by atoms with van der Waals surface area (Å²) in [6, 6.07) is 9.78. The minimum Gasteiger partial charge on any atom is -0.264 e. The zero-order chi connectivity index (χ0) is 12.6. The molecule has 0 saturated heterocycles. The molecular formula is C12H11N5O. The van der Waals surface area contributed by atoms with Gasteiger partial charge in [-0.1, -0.05) is 36.4 Å². The van der Waals surface area contributed by atoms with Crippen LogP contribution in [0.25, 0.3) is 6.08 Å². The summed E-state index contributed by atoms with van der Waals surface area (Å²) in [5.74, 6) is -0.309. The molecule has 2 rings (SSSR count). The van der Waals surface area contributed by atoms with E-state index in [9.17, 15) is 4.79 Å². The number of benzene rings is 1. The number of amides is 1. The van der Waals surface area contributed by atoms with Crippen LogP contribution in [0, 0.1) is 0 Å². The molecule has 0 radical (unpaired) electrons. The molecule has 0 spiro atoms. The molecule has 0 aliphatic heterocycles. The lowest BCUT2D eigenvalue weighted by atomic mass is 10.2. The van der Waals surface area contributed by atoms with Gasteiger partial charge in [0.25, 0.3) is 0 Å². The van der Waals surface area contributed by atoms with Gasteiger partial charge in [-0.15, -0.1) is 0 Å². The largest absolute Gasteiger partial charge is 0.308 e. The summed E-state index contributed by atoms with van der Waals surface area (Å²) < 4.78 is 0. The Kier molecular flexibility index (Phi) is 3.97. The molecule has 0 aliphatic carbocycles. The highest BCUT2D eigenvalue weighted by molar-refractivity contribution is 5.91. The van der Waals surface area contributed by atoms with Crippen molar-refractivity contribution in [3.05, 3.63) is 54.1 Å². The highest BCUT2D eigenvalue weighted by Gasteiger charge is 2.05. The van der Waals surface area contributed by atoms with Gasteiger partial charge in [-0.25, -0.2) is 10.4 Å². The second-order valence-corrected chi connectivity index (χ2v) is 3.32. The molecule has 18 heavy (non-hydrogen) atoms. The van der Waals surface area contributed by atoms with Gasteiger partial charge in [0.15, 0.2) is 0 Å². The first-order valence-electron chi connectivity index (χ1n) is 5.27. The molecule has 1 amide bonds. The lowest BCUT2D eigenvalue weighted by molar-refractivity contribution is 0.0945. The van der Waals surface area contributed by atoms with E-state index < -0.39 is 5.91 Å². The number of carbonyl (C=O) groups is 1. The van der Waals surface area contributed by atoms with Crippen molar-refractivity contribution in [1.29, 1.82) is 0 Å². The molecule has 2 N–H and O–H groups in total. The maximum atomic E-state index is 11.4. The Morgan fingerprint density at radius 1 is 1.33 bits per heavy atom. The van der Waals surface area contributed by atoms with E-state index in [0.29, 0.717) is 0 Å². The maximum absolute atomic E-state index is 11.4. The van der Waals surface area contributed by atoms with Crippen molar-refractivity contribution >= 4 is 18.2 Å². The number of H-pyrrole nitrogens is 1. The van der Waals surface area contributed by atoms with E-state index in [4.69, 9.17) is 0 Å². The standard InChI is InChI=1S/C12H11N5O/c18-12(11-13-9-15-16-11)17-14-8-4-7-10-5-2-1-3-6-10/h1-9H,(H,17,18)(H,13,15,16)/b7-4-,14-8?. The van der Waals surface area contributed by atoms with Crippen LogP contribution in [0.1, 0.15) is 16.2 Å². The molecule has 0 saturated carbocycles. The second-order valence-electron chi connectivity index (χ2n) is 3.32. The summed E-state index contributed by atoms with van der Waals surface area (Å²) in [7, 11) is 0. The highest BCUT2D eigenvalue weighted by atomic mass is 16.2. The van der Waals surface area contributed by atoms with Crippen LogP contribution in [0.5, 0.6) is 0 Å². The first-order chi connectivity index (χ1) is 8.86. The number of aromatic amines is 1. The van der Waals surface area contributed by atoms with Gasteiger partial charge in [0.05, 0.1) is 0 Å². The molecule has 90 valence electrons. The third-order valence-electron chi connectivity index (χ3n) is 2.05. The molecule has 6 nitrogen and oxygen atoms in total. The average Bonchev–Trinajstić information content (AvgIpc) is 2.93. The Morgan fingerprint density at radius 3 is 2.89 bits per heavy atom. The van der Waals surface area contributed by atoms with E-state index in [1.807, 2.05) is 36.4 Å². The molecule has 6 heteroatoms. The molecular weight excluding hydrogens is 230 g/mol. The van der Waals surface area contributed by atoms with E-state index in [0.717, 1.165) is 5.56 Å². The third-order valence-corrected chi connectivity index (χ3v) is 2.05. The predicted molar refractivity (Wildman–Crippen MR) is 67.8 cm³/mol. The van der Waals surface area contributed by atoms with Gasteiger partial charge < -0.3 is 0 Å². The van der Waals surface area contributed by atoms with Crippen LogP contribution >= 0.6 is 0 Å². The van der Waals surface area contributed by atoms with E-state index in [1.54, 1.807) is 6.08 Å². The molecule has 2 aromatic rings. The predicted octanol–water partition coefficient (Wildman–Crippen LogP) is 1.23. The third kappa shape index (κ3) is 3.38. The van der Waals surface area contributed by atoms with Crippen LogP contribution in [0.4, 0.5) is 0 Å². The number of carbonyl (C=O) groups excluding carboxylic acids is 1. The smallest absolute Gasteiger partial charge is 0.264 e.